The molecule has 2 aromatic rings. The molecular weight excluding hydrogens is 370 g/mol. The van der Waals surface area contributed by atoms with Crippen molar-refractivity contribution in [1.82, 2.24) is 15.6 Å². The monoisotopic (exact) mass is 395 g/mol. The summed E-state index contributed by atoms with van der Waals surface area (Å²) in [6.45, 7) is 5.94. The van der Waals surface area contributed by atoms with E-state index in [4.69, 9.17) is 16.3 Å². The zero-order chi connectivity index (χ0) is 18.9. The van der Waals surface area contributed by atoms with Gasteiger partial charge in [-0.2, -0.15) is 0 Å². The van der Waals surface area contributed by atoms with E-state index in [1.54, 1.807) is 11.3 Å². The van der Waals surface area contributed by atoms with E-state index in [1.807, 2.05) is 62.5 Å². The van der Waals surface area contributed by atoms with E-state index in [0.717, 1.165) is 23.3 Å². The van der Waals surface area contributed by atoms with Crippen molar-refractivity contribution in [2.24, 2.45) is 4.99 Å². The predicted octanol–water partition coefficient (Wildman–Crippen LogP) is 3.39. The minimum absolute atomic E-state index is 0.0571. The molecule has 142 valence electrons. The van der Waals surface area contributed by atoms with Gasteiger partial charge in [-0.25, -0.2) is 9.98 Å². The highest BCUT2D eigenvalue weighted by Gasteiger charge is 2.09. The Kier molecular flexibility index (Phi) is 8.00. The van der Waals surface area contributed by atoms with E-state index >= 15 is 0 Å². The number of hydrogen-bond donors (Lipinski definition) is 2. The summed E-state index contributed by atoms with van der Waals surface area (Å²) in [7, 11) is 3.97. The maximum atomic E-state index is 6.13. The molecule has 0 radical (unpaired) electrons. The second kappa shape index (κ2) is 10.2. The molecule has 0 aliphatic carbocycles. The molecule has 1 unspecified atom stereocenters. The Bertz CT molecular complexity index is 719. The third kappa shape index (κ3) is 6.38. The van der Waals surface area contributed by atoms with Crippen molar-refractivity contribution in [3.05, 3.63) is 40.4 Å². The van der Waals surface area contributed by atoms with Crippen molar-refractivity contribution in [1.29, 1.82) is 0 Å². The number of aliphatic imine (C=N–C) groups is 1. The van der Waals surface area contributed by atoms with Gasteiger partial charge < -0.3 is 20.3 Å². The van der Waals surface area contributed by atoms with Gasteiger partial charge in [0.1, 0.15) is 11.9 Å². The van der Waals surface area contributed by atoms with E-state index in [0.29, 0.717) is 23.9 Å². The highest BCUT2D eigenvalue weighted by atomic mass is 35.5. The molecule has 0 amide bonds. The molecule has 1 atom stereocenters. The van der Waals surface area contributed by atoms with Crippen LogP contribution in [0.3, 0.4) is 0 Å². The average Bonchev–Trinajstić information content (AvgIpc) is 3.09. The summed E-state index contributed by atoms with van der Waals surface area (Å²) >= 11 is 7.75. The molecule has 1 aromatic carbocycles. The fraction of sp³-hybridized carbons (Fsp3) is 0.444. The second-order valence-electron chi connectivity index (χ2n) is 5.95. The summed E-state index contributed by atoms with van der Waals surface area (Å²) in [4.78, 5) is 11.1. The smallest absolute Gasteiger partial charge is 0.191 e. The first-order chi connectivity index (χ1) is 12.5. The summed E-state index contributed by atoms with van der Waals surface area (Å²) in [5.74, 6) is 1.42. The van der Waals surface area contributed by atoms with E-state index in [1.165, 1.54) is 0 Å². The average molecular weight is 396 g/mol. The zero-order valence-corrected chi connectivity index (χ0v) is 17.2. The van der Waals surface area contributed by atoms with E-state index < -0.39 is 0 Å². The van der Waals surface area contributed by atoms with Gasteiger partial charge in [-0.3, -0.25) is 0 Å². The quantitative estimate of drug-likeness (QED) is 0.530. The van der Waals surface area contributed by atoms with Crippen LogP contribution in [-0.4, -0.2) is 44.2 Å². The Morgan fingerprint density at radius 2 is 2.12 bits per heavy atom. The highest BCUT2D eigenvalue weighted by molar-refractivity contribution is 7.13. The maximum absolute atomic E-state index is 6.13. The largest absolute Gasteiger partial charge is 0.487 e. The topological polar surface area (TPSA) is 61.8 Å². The molecule has 1 heterocycles. The molecule has 0 saturated carbocycles. The van der Waals surface area contributed by atoms with Gasteiger partial charge in [-0.1, -0.05) is 23.7 Å². The number of thiazole rings is 1. The molecule has 0 bridgehead atoms. The van der Waals surface area contributed by atoms with Gasteiger partial charge in [0, 0.05) is 26.0 Å². The van der Waals surface area contributed by atoms with Crippen LogP contribution in [0.2, 0.25) is 5.02 Å². The zero-order valence-electron chi connectivity index (χ0n) is 15.6. The van der Waals surface area contributed by atoms with Crippen LogP contribution < -0.4 is 20.3 Å². The number of benzene rings is 1. The maximum Gasteiger partial charge on any atom is 0.191 e. The SMILES string of the molecule is CCNC(=NCc1csc(N(C)C)n1)NCC(C)Oc1ccccc1Cl. The molecule has 0 aliphatic heterocycles. The first kappa shape index (κ1) is 20.3. The summed E-state index contributed by atoms with van der Waals surface area (Å²) in [5, 5.41) is 10.2. The molecule has 8 heteroatoms. The molecule has 6 nitrogen and oxygen atoms in total. The minimum atomic E-state index is -0.0571. The standard InChI is InChI=1S/C18H26ClN5OS/c1-5-20-17(22-11-14-12-26-18(23-14)24(3)4)21-10-13(2)25-16-9-7-6-8-15(16)19/h6-9,12-13H,5,10-11H2,1-4H3,(H2,20,21,22). The van der Waals surface area contributed by atoms with E-state index in [2.05, 4.69) is 20.6 Å². The molecule has 2 rings (SSSR count). The number of rotatable bonds is 8. The second-order valence-corrected chi connectivity index (χ2v) is 7.19. The molecule has 0 aliphatic rings. The Hall–Kier alpha value is -1.99. The number of guanidine groups is 1. The summed E-state index contributed by atoms with van der Waals surface area (Å²) in [6.07, 6.45) is -0.0571. The predicted molar refractivity (Wildman–Crippen MR) is 111 cm³/mol. The molecule has 0 fully saturated rings. The number of para-hydroxylation sites is 1. The first-order valence-electron chi connectivity index (χ1n) is 8.54. The van der Waals surface area contributed by atoms with Gasteiger partial charge >= 0.3 is 0 Å². The van der Waals surface area contributed by atoms with Crippen LogP contribution in [0.5, 0.6) is 5.75 Å². The lowest BCUT2D eigenvalue weighted by atomic mass is 10.3. The van der Waals surface area contributed by atoms with Crippen molar-refractivity contribution in [2.45, 2.75) is 26.5 Å². The van der Waals surface area contributed by atoms with Gasteiger partial charge in [0.05, 0.1) is 23.8 Å². The van der Waals surface area contributed by atoms with Crippen molar-refractivity contribution < 1.29 is 4.74 Å². The fourth-order valence-corrected chi connectivity index (χ4v) is 3.04. The Labute approximate surface area is 164 Å². The van der Waals surface area contributed by atoms with Crippen molar-refractivity contribution in [2.75, 3.05) is 32.1 Å². The third-order valence-electron chi connectivity index (χ3n) is 3.39. The Balaban J connectivity index is 1.89. The van der Waals surface area contributed by atoms with Crippen LogP contribution in [0.1, 0.15) is 19.5 Å². The van der Waals surface area contributed by atoms with Crippen LogP contribution in [0, 0.1) is 0 Å². The number of anilines is 1. The van der Waals surface area contributed by atoms with E-state index in [-0.39, 0.29) is 6.10 Å². The molecule has 0 spiro atoms. The number of aromatic nitrogens is 1. The van der Waals surface area contributed by atoms with Crippen molar-refractivity contribution in [3.8, 4) is 5.75 Å². The van der Waals surface area contributed by atoms with Crippen LogP contribution in [0.4, 0.5) is 5.13 Å². The normalized spacial score (nSPS) is 12.6. The molecule has 1 aromatic heterocycles. The van der Waals surface area contributed by atoms with Gasteiger partial charge in [-0.15, -0.1) is 11.3 Å². The highest BCUT2D eigenvalue weighted by Crippen LogP contribution is 2.24. The number of halogens is 1. The van der Waals surface area contributed by atoms with Crippen LogP contribution in [-0.2, 0) is 6.54 Å². The van der Waals surface area contributed by atoms with Gasteiger partial charge in [0.15, 0.2) is 11.1 Å². The minimum Gasteiger partial charge on any atom is -0.487 e. The third-order valence-corrected chi connectivity index (χ3v) is 4.76. The number of ether oxygens (including phenoxy) is 1. The first-order valence-corrected chi connectivity index (χ1v) is 9.80. The molecule has 26 heavy (non-hydrogen) atoms. The van der Waals surface area contributed by atoms with Crippen LogP contribution >= 0.6 is 22.9 Å². The number of nitrogens with zero attached hydrogens (tertiary/aromatic N) is 3. The number of hydrogen-bond acceptors (Lipinski definition) is 5. The summed E-state index contributed by atoms with van der Waals surface area (Å²) in [5.41, 5.74) is 0.955. The Morgan fingerprint density at radius 3 is 2.77 bits per heavy atom. The lowest BCUT2D eigenvalue weighted by molar-refractivity contribution is 0.224. The lowest BCUT2D eigenvalue weighted by Gasteiger charge is -2.18. The Morgan fingerprint density at radius 1 is 1.35 bits per heavy atom. The molecular formula is C18H26ClN5OS. The van der Waals surface area contributed by atoms with Crippen molar-refractivity contribution in [3.63, 3.8) is 0 Å². The van der Waals surface area contributed by atoms with Crippen LogP contribution in [0.15, 0.2) is 34.6 Å². The fourth-order valence-electron chi connectivity index (χ4n) is 2.12. The summed E-state index contributed by atoms with van der Waals surface area (Å²) in [6, 6.07) is 7.47. The van der Waals surface area contributed by atoms with Gasteiger partial charge in [-0.05, 0) is 26.0 Å². The van der Waals surface area contributed by atoms with Gasteiger partial charge in [0.25, 0.3) is 0 Å². The van der Waals surface area contributed by atoms with Crippen LogP contribution in [0.25, 0.3) is 0 Å². The molecule has 2 N–H and O–H groups in total. The lowest BCUT2D eigenvalue weighted by Crippen LogP contribution is -2.41. The molecule has 0 saturated heterocycles. The number of nitrogens with one attached hydrogen (secondary N) is 2. The van der Waals surface area contributed by atoms with E-state index in [9.17, 15) is 0 Å². The van der Waals surface area contributed by atoms with Crippen molar-refractivity contribution >= 4 is 34.0 Å². The van der Waals surface area contributed by atoms with Gasteiger partial charge in [0.2, 0.25) is 0 Å². The summed E-state index contributed by atoms with van der Waals surface area (Å²) < 4.78 is 5.87.